The van der Waals surface area contributed by atoms with Crippen molar-refractivity contribution in [3.05, 3.63) is 128 Å². The first-order chi connectivity index (χ1) is 25.9. The number of hydrogen-bond donors (Lipinski definition) is 1. The van der Waals surface area contributed by atoms with Crippen molar-refractivity contribution in [3.63, 3.8) is 0 Å². The molecule has 1 aliphatic rings. The van der Waals surface area contributed by atoms with Crippen molar-refractivity contribution < 1.29 is 32.6 Å². The van der Waals surface area contributed by atoms with Gasteiger partial charge in [0.2, 0.25) is 0 Å². The SMILES string of the molecule is COc1ccc(C(OC[C@H]2O[C@@H](n3cc(C)c(=O)[nH]c3=O)C[C@@H]2O[PH](=O)OCC(C#N)N(C(C)C)C(C)C)(c2ccccc2)c2ccc(OC)cc2)cc1. The Bertz CT molecular complexity index is 1960. The van der Waals surface area contributed by atoms with Crippen LogP contribution in [0, 0.1) is 18.3 Å². The van der Waals surface area contributed by atoms with E-state index in [9.17, 15) is 19.4 Å². The third-order valence-electron chi connectivity index (χ3n) is 9.58. The number of hydrogen-bond acceptors (Lipinski definition) is 11. The van der Waals surface area contributed by atoms with Gasteiger partial charge in [0.25, 0.3) is 5.56 Å². The van der Waals surface area contributed by atoms with Gasteiger partial charge in [0, 0.05) is 30.3 Å². The zero-order valence-corrected chi connectivity index (χ0v) is 32.7. The molecule has 5 rings (SSSR count). The zero-order valence-electron chi connectivity index (χ0n) is 31.7. The summed E-state index contributed by atoms with van der Waals surface area (Å²) in [6.45, 7) is 9.31. The van der Waals surface area contributed by atoms with Gasteiger partial charge in [-0.25, -0.2) is 4.79 Å². The molecule has 1 fully saturated rings. The summed E-state index contributed by atoms with van der Waals surface area (Å²) >= 11 is 0. The van der Waals surface area contributed by atoms with Crippen LogP contribution in [0.15, 0.2) is 94.6 Å². The minimum atomic E-state index is -3.18. The molecule has 2 heterocycles. The van der Waals surface area contributed by atoms with Gasteiger partial charge in [-0.05, 0) is 75.6 Å². The van der Waals surface area contributed by atoms with E-state index in [0.29, 0.717) is 17.1 Å². The summed E-state index contributed by atoms with van der Waals surface area (Å²) in [5.41, 5.74) is 0.355. The Morgan fingerprint density at radius 2 is 1.48 bits per heavy atom. The molecule has 1 aromatic heterocycles. The van der Waals surface area contributed by atoms with Crippen LogP contribution in [-0.4, -0.2) is 72.2 Å². The van der Waals surface area contributed by atoms with Gasteiger partial charge < -0.3 is 28.0 Å². The van der Waals surface area contributed by atoms with E-state index >= 15 is 0 Å². The summed E-state index contributed by atoms with van der Waals surface area (Å²) in [5, 5.41) is 9.94. The van der Waals surface area contributed by atoms with Gasteiger partial charge in [-0.2, -0.15) is 5.26 Å². The van der Waals surface area contributed by atoms with Crippen molar-refractivity contribution in [3.8, 4) is 17.6 Å². The Labute approximate surface area is 316 Å². The van der Waals surface area contributed by atoms with Crippen molar-refractivity contribution in [2.45, 2.75) is 83.2 Å². The molecule has 5 atom stereocenters. The Morgan fingerprint density at radius 1 is 0.926 bits per heavy atom. The molecular weight excluding hydrogens is 711 g/mol. The molecule has 1 saturated heterocycles. The van der Waals surface area contributed by atoms with E-state index < -0.39 is 49.6 Å². The lowest BCUT2D eigenvalue weighted by Gasteiger charge is -2.37. The molecule has 0 spiro atoms. The molecule has 1 N–H and O–H groups in total. The van der Waals surface area contributed by atoms with Gasteiger partial charge in [-0.15, -0.1) is 0 Å². The highest BCUT2D eigenvalue weighted by atomic mass is 31.1. The van der Waals surface area contributed by atoms with Crippen LogP contribution >= 0.6 is 8.25 Å². The molecule has 0 aliphatic carbocycles. The Kier molecular flexibility index (Phi) is 13.7. The van der Waals surface area contributed by atoms with E-state index in [1.807, 2.05) is 111 Å². The second-order valence-electron chi connectivity index (χ2n) is 13.7. The van der Waals surface area contributed by atoms with Crippen LogP contribution in [0.3, 0.4) is 0 Å². The maximum atomic E-state index is 13.5. The number of nitriles is 1. The fourth-order valence-electron chi connectivity index (χ4n) is 7.04. The zero-order chi connectivity index (χ0) is 39.0. The van der Waals surface area contributed by atoms with Crippen LogP contribution in [0.4, 0.5) is 0 Å². The van der Waals surface area contributed by atoms with E-state index in [4.69, 9.17) is 28.0 Å². The first-order valence-corrected chi connectivity index (χ1v) is 19.1. The number of H-pyrrole nitrogens is 1. The molecule has 4 aromatic rings. The number of rotatable bonds is 17. The molecule has 14 heteroatoms. The van der Waals surface area contributed by atoms with Gasteiger partial charge in [0.05, 0.1) is 39.6 Å². The number of aryl methyl sites for hydroxylation is 1. The fraction of sp³-hybridized carbons (Fsp3) is 0.425. The minimum absolute atomic E-state index is 0.0485. The summed E-state index contributed by atoms with van der Waals surface area (Å²) in [4.78, 5) is 29.5. The maximum absolute atomic E-state index is 13.5. The second kappa shape index (κ2) is 18.2. The highest BCUT2D eigenvalue weighted by Gasteiger charge is 2.44. The molecule has 54 heavy (non-hydrogen) atoms. The molecule has 3 aromatic carbocycles. The van der Waals surface area contributed by atoms with E-state index in [1.165, 1.54) is 10.8 Å². The summed E-state index contributed by atoms with van der Waals surface area (Å²) in [6.07, 6.45) is -1.10. The van der Waals surface area contributed by atoms with Gasteiger partial charge in [-0.3, -0.25) is 23.8 Å². The van der Waals surface area contributed by atoms with E-state index in [2.05, 4.69) is 11.1 Å². The molecule has 1 aliphatic heterocycles. The number of nitrogens with one attached hydrogen (secondary N) is 1. The van der Waals surface area contributed by atoms with Gasteiger partial charge in [0.1, 0.15) is 35.5 Å². The summed E-state index contributed by atoms with van der Waals surface area (Å²) < 4.78 is 51.1. The van der Waals surface area contributed by atoms with Crippen molar-refractivity contribution in [1.82, 2.24) is 14.5 Å². The van der Waals surface area contributed by atoms with Crippen LogP contribution in [-0.2, 0) is 28.7 Å². The van der Waals surface area contributed by atoms with Crippen molar-refractivity contribution in [2.24, 2.45) is 0 Å². The average molecular weight is 761 g/mol. The summed E-state index contributed by atoms with van der Waals surface area (Å²) in [6, 6.07) is 26.6. The Morgan fingerprint density at radius 3 is 2.00 bits per heavy atom. The topological polar surface area (TPSA) is 154 Å². The Balaban J connectivity index is 1.51. The quantitative estimate of drug-likeness (QED) is 0.100. The summed E-state index contributed by atoms with van der Waals surface area (Å²) in [5.74, 6) is 1.34. The molecule has 13 nitrogen and oxygen atoms in total. The van der Waals surface area contributed by atoms with Crippen molar-refractivity contribution in [1.29, 1.82) is 5.26 Å². The number of aromatic nitrogens is 2. The number of methoxy groups -OCH3 is 2. The van der Waals surface area contributed by atoms with Crippen molar-refractivity contribution >= 4 is 8.25 Å². The van der Waals surface area contributed by atoms with Crippen LogP contribution in [0.5, 0.6) is 11.5 Å². The number of benzene rings is 3. The number of aromatic amines is 1. The molecule has 2 unspecified atom stereocenters. The van der Waals surface area contributed by atoms with Crippen LogP contribution < -0.4 is 20.7 Å². The van der Waals surface area contributed by atoms with Crippen molar-refractivity contribution in [2.75, 3.05) is 27.4 Å². The first kappa shape index (κ1) is 40.6. The largest absolute Gasteiger partial charge is 0.497 e. The van der Waals surface area contributed by atoms with Crippen LogP contribution in [0.2, 0.25) is 0 Å². The van der Waals surface area contributed by atoms with Crippen LogP contribution in [0.25, 0.3) is 0 Å². The monoisotopic (exact) mass is 760 g/mol. The average Bonchev–Trinajstić information content (AvgIpc) is 3.57. The number of nitrogens with zero attached hydrogens (tertiary/aromatic N) is 3. The van der Waals surface area contributed by atoms with Gasteiger partial charge in [0.15, 0.2) is 0 Å². The van der Waals surface area contributed by atoms with E-state index in [1.54, 1.807) is 21.1 Å². The first-order valence-electron chi connectivity index (χ1n) is 17.9. The van der Waals surface area contributed by atoms with Gasteiger partial charge in [-0.1, -0.05) is 54.6 Å². The molecule has 0 amide bonds. The molecule has 0 radical (unpaired) electrons. The lowest BCUT2D eigenvalue weighted by atomic mass is 9.80. The van der Waals surface area contributed by atoms with Gasteiger partial charge >= 0.3 is 13.9 Å². The highest BCUT2D eigenvalue weighted by molar-refractivity contribution is 7.33. The molecule has 288 valence electrons. The highest BCUT2D eigenvalue weighted by Crippen LogP contribution is 2.44. The molecule has 0 bridgehead atoms. The lowest BCUT2D eigenvalue weighted by Crippen LogP contribution is -2.46. The lowest BCUT2D eigenvalue weighted by molar-refractivity contribution is -0.0921. The summed E-state index contributed by atoms with van der Waals surface area (Å²) in [7, 11) is 0.0183. The third-order valence-corrected chi connectivity index (χ3v) is 10.5. The molecule has 0 saturated carbocycles. The third kappa shape index (κ3) is 9.04. The normalized spacial score (nSPS) is 18.5. The number of ether oxygens (including phenoxy) is 4. The fourth-order valence-corrected chi connectivity index (χ4v) is 7.89. The standard InChI is InChI=1S/C40H49N4O9P/c1-26(2)44(27(3)4)32(22-41)24-51-54(47)53-35-21-37(43-23-28(5)38(45)42-39(43)46)52-36(35)25-50-40(29-11-9-8-10-12-29,30-13-17-33(48-6)18-14-30)31-15-19-34(49-7)20-16-31/h8-20,23,26-27,32,35-37,54H,21,24-25H2,1-7H3,(H,42,45,46)/t32?,35-,36+,37+/m0/s1. The predicted molar refractivity (Wildman–Crippen MR) is 204 cm³/mol. The van der Waals surface area contributed by atoms with Crippen LogP contribution in [0.1, 0.15) is 62.6 Å². The molecular formula is C40H49N4O9P. The maximum Gasteiger partial charge on any atom is 0.330 e. The Hall–Kier alpha value is -4.54. The van der Waals surface area contributed by atoms with E-state index in [-0.39, 0.29) is 31.7 Å². The van der Waals surface area contributed by atoms with E-state index in [0.717, 1.165) is 16.7 Å². The second-order valence-corrected chi connectivity index (χ2v) is 14.7. The minimum Gasteiger partial charge on any atom is -0.497 e. The smallest absolute Gasteiger partial charge is 0.330 e. The predicted octanol–water partition coefficient (Wildman–Crippen LogP) is 5.96.